The molecule has 0 unspecified atom stereocenters. The first-order valence-electron chi connectivity index (χ1n) is 8.50. The normalized spacial score (nSPS) is 15.7. The predicted octanol–water partition coefficient (Wildman–Crippen LogP) is 0.823. The number of nitrogens with two attached hydrogens (primary N) is 1. The van der Waals surface area contributed by atoms with Gasteiger partial charge in [0.05, 0.1) is 17.9 Å². The molecule has 1 fully saturated rings. The van der Waals surface area contributed by atoms with Crippen LogP contribution in [-0.2, 0) is 4.74 Å². The molecule has 0 spiro atoms. The molecule has 27 heavy (non-hydrogen) atoms. The van der Waals surface area contributed by atoms with E-state index in [2.05, 4.69) is 10.3 Å². The number of nitriles is 1. The predicted molar refractivity (Wildman–Crippen MR) is 95.4 cm³/mol. The van der Waals surface area contributed by atoms with E-state index in [1.807, 2.05) is 6.07 Å². The van der Waals surface area contributed by atoms with Gasteiger partial charge in [-0.3, -0.25) is 4.79 Å². The van der Waals surface area contributed by atoms with Crippen LogP contribution in [0.3, 0.4) is 0 Å². The van der Waals surface area contributed by atoms with Crippen molar-refractivity contribution >= 4 is 17.7 Å². The lowest BCUT2D eigenvalue weighted by atomic mass is 9.91. The molecule has 0 aromatic carbocycles. The van der Waals surface area contributed by atoms with E-state index >= 15 is 0 Å². The van der Waals surface area contributed by atoms with E-state index in [-0.39, 0.29) is 36.0 Å². The van der Waals surface area contributed by atoms with Gasteiger partial charge in [0, 0.05) is 26.7 Å². The summed E-state index contributed by atoms with van der Waals surface area (Å²) in [7, 11) is 1.54. The number of nitrogens with one attached hydrogen (secondary N) is 1. The number of nitrogens with zero attached hydrogens (tertiary/aromatic N) is 3. The Morgan fingerprint density at radius 2 is 2.15 bits per heavy atom. The van der Waals surface area contributed by atoms with E-state index in [9.17, 15) is 9.59 Å². The minimum atomic E-state index is -0.968. The first-order valence-corrected chi connectivity index (χ1v) is 8.50. The van der Waals surface area contributed by atoms with E-state index in [1.54, 1.807) is 6.92 Å². The van der Waals surface area contributed by atoms with Crippen LogP contribution in [0.4, 0.5) is 10.5 Å². The molecule has 0 atom stereocenters. The fourth-order valence-corrected chi connectivity index (χ4v) is 2.90. The van der Waals surface area contributed by atoms with Gasteiger partial charge in [0.25, 0.3) is 5.91 Å². The van der Waals surface area contributed by atoms with Gasteiger partial charge in [-0.15, -0.1) is 0 Å². The molecule has 0 radical (unpaired) electrons. The summed E-state index contributed by atoms with van der Waals surface area (Å²) in [6.07, 6.45) is -0.0451. The van der Waals surface area contributed by atoms with Gasteiger partial charge in [-0.1, -0.05) is 0 Å². The Morgan fingerprint density at radius 3 is 2.67 bits per heavy atom. The van der Waals surface area contributed by atoms with Crippen molar-refractivity contribution in [3.05, 3.63) is 17.3 Å². The summed E-state index contributed by atoms with van der Waals surface area (Å²) < 4.78 is 10.9. The number of amides is 2. The number of hydrogen-bond donors (Lipinski definition) is 3. The molecule has 10 heteroatoms. The number of carbonyl (C=O) groups excluding carboxylic acids is 1. The van der Waals surface area contributed by atoms with Crippen molar-refractivity contribution in [3.63, 3.8) is 0 Å². The highest BCUT2D eigenvalue weighted by molar-refractivity contribution is 5.93. The number of carboxylic acid groups (broad SMARTS) is 1. The maximum Gasteiger partial charge on any atom is 0.407 e. The fourth-order valence-electron chi connectivity index (χ4n) is 2.90. The van der Waals surface area contributed by atoms with E-state index in [4.69, 9.17) is 25.6 Å². The Kier molecular flexibility index (Phi) is 6.41. The number of carbonyl (C=O) groups is 2. The van der Waals surface area contributed by atoms with Crippen LogP contribution in [0.1, 0.15) is 35.8 Å². The van der Waals surface area contributed by atoms with Gasteiger partial charge >= 0.3 is 6.09 Å². The number of methoxy groups -OCH3 is 1. The largest absolute Gasteiger partial charge is 0.477 e. The monoisotopic (exact) mass is 377 g/mol. The zero-order valence-electron chi connectivity index (χ0n) is 15.3. The van der Waals surface area contributed by atoms with Crippen LogP contribution in [0.2, 0.25) is 0 Å². The van der Waals surface area contributed by atoms with Gasteiger partial charge in [0.1, 0.15) is 17.3 Å². The zero-order valence-corrected chi connectivity index (χ0v) is 15.3. The minimum absolute atomic E-state index is 0.0152. The van der Waals surface area contributed by atoms with Crippen molar-refractivity contribution in [1.29, 1.82) is 5.26 Å². The molecule has 0 aliphatic carbocycles. The highest BCUT2D eigenvalue weighted by atomic mass is 16.5. The molecule has 146 valence electrons. The number of rotatable bonds is 6. The molecular weight excluding hydrogens is 354 g/mol. The van der Waals surface area contributed by atoms with Crippen LogP contribution in [0.15, 0.2) is 6.07 Å². The first-order chi connectivity index (χ1) is 12.9. The Labute approximate surface area is 156 Å². The number of pyridine rings is 1. The fraction of sp³-hybridized carbons (Fsp3) is 0.529. The molecule has 1 saturated heterocycles. The summed E-state index contributed by atoms with van der Waals surface area (Å²) in [5.41, 5.74) is 5.40. The van der Waals surface area contributed by atoms with Gasteiger partial charge in [-0.05, 0) is 25.8 Å². The van der Waals surface area contributed by atoms with Crippen molar-refractivity contribution in [2.24, 2.45) is 0 Å². The Hall–Kier alpha value is -3.06. The third kappa shape index (κ3) is 4.57. The molecule has 2 rings (SSSR count). The molecule has 1 aromatic rings. The highest BCUT2D eigenvalue weighted by Crippen LogP contribution is 2.26. The van der Waals surface area contributed by atoms with Gasteiger partial charge in [0.15, 0.2) is 0 Å². The average molecular weight is 377 g/mol. The maximum absolute atomic E-state index is 12.5. The average Bonchev–Trinajstić information content (AvgIpc) is 2.66. The number of aromatic nitrogens is 1. The number of hydrogen-bond acceptors (Lipinski definition) is 7. The quantitative estimate of drug-likeness (QED) is 0.659. The third-order valence-corrected chi connectivity index (χ3v) is 4.59. The number of piperidine rings is 1. The van der Waals surface area contributed by atoms with Crippen LogP contribution < -0.4 is 15.8 Å². The van der Waals surface area contributed by atoms with Crippen molar-refractivity contribution in [1.82, 2.24) is 15.2 Å². The van der Waals surface area contributed by atoms with Gasteiger partial charge in [-0.2, -0.15) is 5.26 Å². The summed E-state index contributed by atoms with van der Waals surface area (Å²) in [5.74, 6) is -0.467. The number of likely N-dealkylation sites (tertiary alicyclic amines) is 1. The Balaban J connectivity index is 2.09. The summed E-state index contributed by atoms with van der Waals surface area (Å²) in [5, 5.41) is 20.9. The third-order valence-electron chi connectivity index (χ3n) is 4.59. The molecule has 1 aliphatic heterocycles. The first kappa shape index (κ1) is 20.3. The molecule has 0 saturated carbocycles. The van der Waals surface area contributed by atoms with E-state index in [0.717, 1.165) is 0 Å². The molecule has 10 nitrogen and oxygen atoms in total. The van der Waals surface area contributed by atoms with E-state index in [0.29, 0.717) is 25.9 Å². The summed E-state index contributed by atoms with van der Waals surface area (Å²) in [4.78, 5) is 28.9. The van der Waals surface area contributed by atoms with Gasteiger partial charge in [-0.25, -0.2) is 9.78 Å². The summed E-state index contributed by atoms with van der Waals surface area (Å²) >= 11 is 0. The van der Waals surface area contributed by atoms with Crippen LogP contribution in [0, 0.1) is 11.3 Å². The lowest BCUT2D eigenvalue weighted by Crippen LogP contribution is -2.53. The molecule has 4 N–H and O–H groups in total. The second kappa shape index (κ2) is 8.55. The number of ether oxygens (including phenoxy) is 2. The molecule has 1 aliphatic rings. The van der Waals surface area contributed by atoms with Crippen molar-refractivity contribution in [3.8, 4) is 11.9 Å². The van der Waals surface area contributed by atoms with Gasteiger partial charge < -0.3 is 30.5 Å². The second-order valence-corrected chi connectivity index (χ2v) is 6.16. The number of anilines is 1. The summed E-state index contributed by atoms with van der Waals surface area (Å²) in [6, 6.07) is 3.23. The van der Waals surface area contributed by atoms with E-state index < -0.39 is 17.6 Å². The Morgan fingerprint density at radius 1 is 1.48 bits per heavy atom. The molecule has 2 amide bonds. The van der Waals surface area contributed by atoms with Crippen LogP contribution in [0.5, 0.6) is 5.88 Å². The van der Waals surface area contributed by atoms with Crippen molar-refractivity contribution in [2.45, 2.75) is 25.4 Å². The highest BCUT2D eigenvalue weighted by Gasteiger charge is 2.36. The molecule has 0 bridgehead atoms. The topological polar surface area (TPSA) is 151 Å². The van der Waals surface area contributed by atoms with Crippen LogP contribution in [0.25, 0.3) is 0 Å². The van der Waals surface area contributed by atoms with E-state index in [1.165, 1.54) is 18.1 Å². The molecule has 1 aromatic heterocycles. The lowest BCUT2D eigenvalue weighted by molar-refractivity contribution is -0.0502. The SMILES string of the molecule is CCOc1nc(C(=O)NCC2(OC)CCN(C(=O)O)CC2)cc(N)c1C#N. The molecular formula is C17H23N5O5. The maximum atomic E-state index is 12.5. The van der Waals surface area contributed by atoms with Crippen LogP contribution in [-0.4, -0.2) is 65.9 Å². The standard InChI is InChI=1S/C17H23N5O5/c1-3-27-15-11(9-18)12(19)8-13(21-15)14(23)20-10-17(26-2)4-6-22(7-5-17)16(24)25/h8H,3-7,10H2,1-2H3,(H2,19,21)(H,20,23)(H,24,25). The van der Waals surface area contributed by atoms with Gasteiger partial charge in [0.2, 0.25) is 5.88 Å². The Bertz CT molecular complexity index is 753. The molecule has 2 heterocycles. The zero-order chi connectivity index (χ0) is 20.0. The van der Waals surface area contributed by atoms with Crippen molar-refractivity contribution in [2.75, 3.05) is 39.1 Å². The van der Waals surface area contributed by atoms with Crippen LogP contribution >= 0.6 is 0 Å². The second-order valence-electron chi connectivity index (χ2n) is 6.16. The minimum Gasteiger partial charge on any atom is -0.477 e. The smallest absolute Gasteiger partial charge is 0.407 e. The lowest BCUT2D eigenvalue weighted by Gasteiger charge is -2.39. The summed E-state index contributed by atoms with van der Waals surface area (Å²) in [6.45, 7) is 2.86. The number of nitrogen functional groups attached to an aromatic ring is 1. The van der Waals surface area contributed by atoms with Crippen molar-refractivity contribution < 1.29 is 24.2 Å².